The zero-order chi connectivity index (χ0) is 14.2. The van der Waals surface area contributed by atoms with Crippen molar-refractivity contribution in [3.63, 3.8) is 0 Å². The van der Waals surface area contributed by atoms with Crippen molar-refractivity contribution in [1.29, 1.82) is 0 Å². The van der Waals surface area contributed by atoms with E-state index >= 15 is 0 Å². The minimum atomic E-state index is -1.03. The Morgan fingerprint density at radius 2 is 1.94 bits per heavy atom. The molecule has 0 rings (SSSR count). The number of aliphatic hydroxyl groups excluding tert-OH is 1. The molecule has 0 fully saturated rings. The minimum Gasteiger partial charge on any atom is -0.481 e. The van der Waals surface area contributed by atoms with Gasteiger partial charge in [0.2, 0.25) is 0 Å². The molecule has 0 radical (unpaired) electrons. The highest BCUT2D eigenvalue weighted by Crippen LogP contribution is 2.13. The number of aliphatic hydroxyl groups is 1. The predicted octanol–water partition coefficient (Wildman–Crippen LogP) is -0.252. The highest BCUT2D eigenvalue weighted by Gasteiger charge is 2.28. The maximum Gasteiger partial charge on any atom is 0.317 e. The number of methoxy groups -OCH3 is 1. The fraction of sp³-hybridized carbons (Fsp3) is 0.818. The van der Waals surface area contributed by atoms with Crippen LogP contribution >= 0.6 is 0 Å². The lowest BCUT2D eigenvalue weighted by molar-refractivity contribution is -0.146. The fourth-order valence-corrected chi connectivity index (χ4v) is 1.12. The van der Waals surface area contributed by atoms with E-state index in [1.807, 2.05) is 0 Å². The van der Waals surface area contributed by atoms with Crippen LogP contribution in [-0.2, 0) is 9.53 Å². The van der Waals surface area contributed by atoms with Gasteiger partial charge in [-0.05, 0) is 13.8 Å². The first-order chi connectivity index (χ1) is 8.35. The van der Waals surface area contributed by atoms with Crippen LogP contribution in [0.4, 0.5) is 4.79 Å². The van der Waals surface area contributed by atoms with Gasteiger partial charge in [-0.2, -0.15) is 0 Å². The summed E-state index contributed by atoms with van der Waals surface area (Å²) in [5, 5.41) is 20.3. The molecule has 0 aromatic carbocycles. The molecular formula is C11H22N2O5. The Morgan fingerprint density at radius 3 is 2.39 bits per heavy atom. The van der Waals surface area contributed by atoms with Crippen LogP contribution in [0.15, 0.2) is 0 Å². The Hall–Kier alpha value is -1.34. The van der Waals surface area contributed by atoms with Crippen molar-refractivity contribution in [2.75, 3.05) is 40.0 Å². The first-order valence-corrected chi connectivity index (χ1v) is 5.71. The van der Waals surface area contributed by atoms with E-state index in [-0.39, 0.29) is 19.7 Å². The van der Waals surface area contributed by atoms with Crippen molar-refractivity contribution in [3.05, 3.63) is 0 Å². The van der Waals surface area contributed by atoms with Crippen molar-refractivity contribution in [1.82, 2.24) is 10.2 Å². The largest absolute Gasteiger partial charge is 0.481 e. The van der Waals surface area contributed by atoms with E-state index in [2.05, 4.69) is 5.32 Å². The zero-order valence-electron chi connectivity index (χ0n) is 11.1. The molecule has 0 saturated carbocycles. The topological polar surface area (TPSA) is 99.1 Å². The van der Waals surface area contributed by atoms with Crippen LogP contribution in [0.1, 0.15) is 13.8 Å². The molecule has 0 aromatic rings. The van der Waals surface area contributed by atoms with Gasteiger partial charge in [-0.1, -0.05) is 0 Å². The molecule has 18 heavy (non-hydrogen) atoms. The van der Waals surface area contributed by atoms with Gasteiger partial charge in [0.15, 0.2) is 0 Å². The van der Waals surface area contributed by atoms with Crippen molar-refractivity contribution >= 4 is 12.0 Å². The summed E-state index contributed by atoms with van der Waals surface area (Å²) in [6.07, 6.45) is 0. The van der Waals surface area contributed by atoms with Crippen LogP contribution in [0.5, 0.6) is 0 Å². The highest BCUT2D eigenvalue weighted by atomic mass is 16.5. The van der Waals surface area contributed by atoms with Crippen molar-refractivity contribution < 1.29 is 24.5 Å². The van der Waals surface area contributed by atoms with Crippen molar-refractivity contribution in [2.45, 2.75) is 13.8 Å². The summed E-state index contributed by atoms with van der Waals surface area (Å²) in [7, 11) is 1.52. The number of urea groups is 1. The molecule has 0 saturated heterocycles. The van der Waals surface area contributed by atoms with Gasteiger partial charge in [-0.3, -0.25) is 4.79 Å². The number of ether oxygens (including phenoxy) is 1. The number of carbonyl (C=O) groups excluding carboxylic acids is 1. The summed E-state index contributed by atoms with van der Waals surface area (Å²) in [4.78, 5) is 24.0. The molecule has 2 amide bonds. The molecule has 0 aromatic heterocycles. The van der Waals surface area contributed by atoms with Crippen LogP contribution in [0, 0.1) is 5.41 Å². The number of amides is 2. The quantitative estimate of drug-likeness (QED) is 0.560. The molecule has 7 nitrogen and oxygen atoms in total. The Labute approximate surface area is 107 Å². The number of rotatable bonds is 8. The van der Waals surface area contributed by atoms with E-state index in [0.717, 1.165) is 0 Å². The molecule has 3 N–H and O–H groups in total. The maximum absolute atomic E-state index is 11.8. The predicted molar refractivity (Wildman–Crippen MR) is 65.4 cm³/mol. The number of carboxylic acids is 1. The van der Waals surface area contributed by atoms with Crippen molar-refractivity contribution in [3.8, 4) is 0 Å². The van der Waals surface area contributed by atoms with E-state index in [1.165, 1.54) is 25.9 Å². The number of nitrogens with one attached hydrogen (secondary N) is 1. The average Bonchev–Trinajstić information content (AvgIpc) is 2.31. The molecule has 0 aliphatic carbocycles. The lowest BCUT2D eigenvalue weighted by Crippen LogP contribution is -2.47. The molecule has 0 unspecified atom stereocenters. The SMILES string of the molecule is COCCN(CCO)C(=O)NCC(C)(C)C(=O)O. The minimum absolute atomic E-state index is 0.0239. The highest BCUT2D eigenvalue weighted by molar-refractivity contribution is 5.77. The van der Waals surface area contributed by atoms with E-state index in [1.54, 1.807) is 0 Å². The molecule has 7 heteroatoms. The summed E-state index contributed by atoms with van der Waals surface area (Å²) in [5.41, 5.74) is -1.03. The smallest absolute Gasteiger partial charge is 0.317 e. The Balaban J connectivity index is 4.29. The third kappa shape index (κ3) is 5.83. The van der Waals surface area contributed by atoms with Gasteiger partial charge in [0, 0.05) is 26.7 Å². The van der Waals surface area contributed by atoms with Gasteiger partial charge in [0.05, 0.1) is 18.6 Å². The molecule has 0 heterocycles. The Morgan fingerprint density at radius 1 is 1.33 bits per heavy atom. The van der Waals surface area contributed by atoms with E-state index in [9.17, 15) is 9.59 Å². The number of hydrogen-bond donors (Lipinski definition) is 3. The van der Waals surface area contributed by atoms with Crippen LogP contribution in [0.3, 0.4) is 0 Å². The number of nitrogens with zero attached hydrogens (tertiary/aromatic N) is 1. The fourth-order valence-electron chi connectivity index (χ4n) is 1.12. The number of hydrogen-bond acceptors (Lipinski definition) is 4. The van der Waals surface area contributed by atoms with Crippen LogP contribution in [-0.4, -0.2) is 67.1 Å². The molecule has 0 aliphatic heterocycles. The van der Waals surface area contributed by atoms with E-state index in [4.69, 9.17) is 14.9 Å². The molecule has 0 bridgehead atoms. The first-order valence-electron chi connectivity index (χ1n) is 5.71. The number of carbonyl (C=O) groups is 2. The zero-order valence-corrected chi connectivity index (χ0v) is 11.1. The summed E-state index contributed by atoms with van der Waals surface area (Å²) < 4.78 is 4.86. The lowest BCUT2D eigenvalue weighted by Gasteiger charge is -2.25. The molecule has 106 valence electrons. The second-order valence-corrected chi connectivity index (χ2v) is 4.55. The van der Waals surface area contributed by atoms with Gasteiger partial charge in [0.1, 0.15) is 0 Å². The monoisotopic (exact) mass is 262 g/mol. The van der Waals surface area contributed by atoms with Gasteiger partial charge in [0.25, 0.3) is 0 Å². The van der Waals surface area contributed by atoms with Gasteiger partial charge < -0.3 is 25.2 Å². The Kier molecular flexibility index (Phi) is 7.30. The second-order valence-electron chi connectivity index (χ2n) is 4.55. The van der Waals surface area contributed by atoms with Crippen LogP contribution < -0.4 is 5.32 Å². The molecule has 0 atom stereocenters. The second kappa shape index (κ2) is 7.88. The van der Waals surface area contributed by atoms with Crippen molar-refractivity contribution in [2.24, 2.45) is 5.41 Å². The molecular weight excluding hydrogens is 240 g/mol. The third-order valence-corrected chi connectivity index (χ3v) is 2.48. The molecule has 0 aliphatic rings. The lowest BCUT2D eigenvalue weighted by atomic mass is 9.94. The van der Waals surface area contributed by atoms with Crippen LogP contribution in [0.2, 0.25) is 0 Å². The first kappa shape index (κ1) is 16.7. The summed E-state index contributed by atoms with van der Waals surface area (Å²) in [5.74, 6) is -0.978. The Bertz CT molecular complexity index is 281. The standard InChI is InChI=1S/C11H22N2O5/c1-11(2,9(15)16)8-12-10(17)13(4-6-14)5-7-18-3/h14H,4-8H2,1-3H3,(H,12,17)(H,15,16). The number of carboxylic acid groups (broad SMARTS) is 1. The normalized spacial score (nSPS) is 11.1. The van der Waals surface area contributed by atoms with Gasteiger partial charge >= 0.3 is 12.0 Å². The van der Waals surface area contributed by atoms with E-state index < -0.39 is 17.4 Å². The van der Waals surface area contributed by atoms with Crippen LogP contribution in [0.25, 0.3) is 0 Å². The third-order valence-electron chi connectivity index (χ3n) is 2.48. The van der Waals surface area contributed by atoms with E-state index in [0.29, 0.717) is 13.2 Å². The summed E-state index contributed by atoms with van der Waals surface area (Å²) in [6.45, 7) is 3.81. The van der Waals surface area contributed by atoms with Gasteiger partial charge in [-0.15, -0.1) is 0 Å². The summed E-state index contributed by atoms with van der Waals surface area (Å²) >= 11 is 0. The summed E-state index contributed by atoms with van der Waals surface area (Å²) in [6, 6.07) is -0.407. The average molecular weight is 262 g/mol. The van der Waals surface area contributed by atoms with Gasteiger partial charge in [-0.25, -0.2) is 4.79 Å². The number of aliphatic carboxylic acids is 1. The maximum atomic E-state index is 11.8. The molecule has 0 spiro atoms.